The van der Waals surface area contributed by atoms with Crippen molar-refractivity contribution in [3.8, 4) is 11.3 Å². The van der Waals surface area contributed by atoms with Crippen molar-refractivity contribution in [2.24, 2.45) is 5.84 Å². The first kappa shape index (κ1) is 32.8. The molecule has 2 heterocycles. The molecule has 0 bridgehead atoms. The van der Waals surface area contributed by atoms with E-state index in [9.17, 15) is 26.7 Å². The molecule has 3 N–H and O–H groups in total. The highest BCUT2D eigenvalue weighted by Gasteiger charge is 2.42. The molecule has 0 radical (unpaired) electrons. The lowest BCUT2D eigenvalue weighted by molar-refractivity contribution is -0.142. The molecule has 2 rings (SSSR count). The molecule has 0 aromatic carbocycles. The topological polar surface area (TPSA) is 99.0 Å². The first-order chi connectivity index (χ1) is 18.0. The number of alkyl halides is 5. The predicted octanol–water partition coefficient (Wildman–Crippen LogP) is 7.24. The molecule has 2 aromatic rings. The van der Waals surface area contributed by atoms with Gasteiger partial charge in [0.15, 0.2) is 11.5 Å². The van der Waals surface area contributed by atoms with Gasteiger partial charge in [0.05, 0.1) is 22.8 Å². The van der Waals surface area contributed by atoms with E-state index in [2.05, 4.69) is 16.8 Å². The van der Waals surface area contributed by atoms with E-state index in [1.165, 1.54) is 12.2 Å². The molecule has 1 unspecified atom stereocenters. The summed E-state index contributed by atoms with van der Waals surface area (Å²) in [6, 6.07) is 0. The van der Waals surface area contributed by atoms with Gasteiger partial charge in [0.1, 0.15) is 23.8 Å². The Bertz CT molecular complexity index is 1180. The van der Waals surface area contributed by atoms with E-state index >= 15 is 0 Å². The number of amides is 1. The molecule has 0 saturated heterocycles. The number of hydrogen-bond donors (Lipinski definition) is 2. The van der Waals surface area contributed by atoms with Crippen LogP contribution < -0.4 is 11.3 Å². The van der Waals surface area contributed by atoms with E-state index in [1.54, 1.807) is 17.6 Å². The van der Waals surface area contributed by atoms with E-state index < -0.39 is 58.2 Å². The van der Waals surface area contributed by atoms with Crippen LogP contribution in [0.2, 0.25) is 0 Å². The maximum atomic E-state index is 14.4. The second-order valence-electron chi connectivity index (χ2n) is 7.41. The van der Waals surface area contributed by atoms with Crippen LogP contribution in [0, 0.1) is 0 Å². The minimum atomic E-state index is -5.06. The molecule has 0 aliphatic rings. The van der Waals surface area contributed by atoms with Crippen molar-refractivity contribution >= 4 is 28.8 Å². The normalized spacial score (nSPS) is 13.6. The summed E-state index contributed by atoms with van der Waals surface area (Å²) in [5, 5.41) is 6.27. The quantitative estimate of drug-likeness (QED) is 0.0750. The van der Waals surface area contributed by atoms with Gasteiger partial charge in [-0.05, 0) is 26.2 Å². The smallest absolute Gasteiger partial charge is 0.355 e. The van der Waals surface area contributed by atoms with Crippen LogP contribution in [-0.2, 0) is 6.18 Å². The van der Waals surface area contributed by atoms with Crippen molar-refractivity contribution in [1.82, 2.24) is 20.4 Å². The number of nitrogens with zero attached hydrogens (tertiary/aromatic N) is 3. The largest absolute Gasteiger partial charge is 0.434 e. The fraction of sp³-hybridized carbons (Fsp3) is 0.400. The Morgan fingerprint density at radius 1 is 1.34 bits per heavy atom. The van der Waals surface area contributed by atoms with Gasteiger partial charge in [0.2, 0.25) is 0 Å². The molecule has 0 saturated carbocycles. The molecule has 1 atom stereocenters. The summed E-state index contributed by atoms with van der Waals surface area (Å²) < 4.78 is 76.3. The summed E-state index contributed by atoms with van der Waals surface area (Å²) in [6.07, 6.45) is 2.67. The van der Waals surface area contributed by atoms with E-state index in [-0.39, 0.29) is 24.1 Å². The Labute approximate surface area is 222 Å². The van der Waals surface area contributed by atoms with Crippen molar-refractivity contribution in [2.75, 3.05) is 6.67 Å². The fourth-order valence-electron chi connectivity index (χ4n) is 3.40. The minimum absolute atomic E-state index is 0.0485. The van der Waals surface area contributed by atoms with Crippen LogP contribution >= 0.6 is 11.6 Å². The first-order valence-corrected chi connectivity index (χ1v) is 12.1. The van der Waals surface area contributed by atoms with Crippen molar-refractivity contribution in [1.29, 1.82) is 0 Å². The number of hydrazine groups is 1. The number of aromatic nitrogens is 3. The van der Waals surface area contributed by atoms with Gasteiger partial charge in [-0.3, -0.25) is 10.2 Å². The Morgan fingerprint density at radius 2 is 2.00 bits per heavy atom. The third-order valence-corrected chi connectivity index (χ3v) is 5.34. The summed E-state index contributed by atoms with van der Waals surface area (Å²) in [5.41, 5.74) is -2.08. The van der Waals surface area contributed by atoms with Crippen LogP contribution in [0.3, 0.4) is 0 Å². The van der Waals surface area contributed by atoms with E-state index in [0.29, 0.717) is 11.1 Å². The van der Waals surface area contributed by atoms with Crippen LogP contribution in [0.5, 0.6) is 0 Å². The van der Waals surface area contributed by atoms with E-state index in [0.717, 1.165) is 13.1 Å². The number of rotatable bonds is 11. The molecule has 13 heteroatoms. The maximum absolute atomic E-state index is 14.4. The van der Waals surface area contributed by atoms with Crippen LogP contribution in [0.15, 0.2) is 47.4 Å². The summed E-state index contributed by atoms with van der Waals surface area (Å²) in [5.74, 6) is 2.57. The number of carbonyl (C=O) groups excluding carboxylic acids is 1. The SMILES string of the molecule is C=CCC(Cl)/C(=C(\C)F)c1noc(-c2cnn(/C(=C/C/C=C\CC)CF)c2C(F)(F)F)c1C(=O)NN.CC. The lowest BCUT2D eigenvalue weighted by atomic mass is 9.98. The number of halogens is 6. The third kappa shape index (κ3) is 7.64. The summed E-state index contributed by atoms with van der Waals surface area (Å²) in [6.45, 7) is 9.16. The average molecular weight is 564 g/mol. The number of nitrogens with one attached hydrogen (secondary N) is 1. The van der Waals surface area contributed by atoms with Crippen LogP contribution in [0.25, 0.3) is 22.6 Å². The van der Waals surface area contributed by atoms with Gasteiger partial charge in [0.25, 0.3) is 5.91 Å². The number of carbonyl (C=O) groups is 1. The zero-order valence-corrected chi connectivity index (χ0v) is 22.3. The Balaban J connectivity index is 0.00000352. The first-order valence-electron chi connectivity index (χ1n) is 11.7. The van der Waals surface area contributed by atoms with Gasteiger partial charge in [0, 0.05) is 5.57 Å². The zero-order chi connectivity index (χ0) is 29.0. The molecule has 2 aromatic heterocycles. The highest BCUT2D eigenvalue weighted by molar-refractivity contribution is 6.27. The monoisotopic (exact) mass is 563 g/mol. The van der Waals surface area contributed by atoms with Crippen LogP contribution in [-0.4, -0.2) is 32.9 Å². The lowest BCUT2D eigenvalue weighted by Crippen LogP contribution is -2.31. The van der Waals surface area contributed by atoms with Gasteiger partial charge in [-0.1, -0.05) is 50.2 Å². The van der Waals surface area contributed by atoms with Crippen molar-refractivity contribution in [2.45, 2.75) is 58.5 Å². The molecule has 0 aliphatic heterocycles. The van der Waals surface area contributed by atoms with Gasteiger partial charge >= 0.3 is 6.18 Å². The number of hydrogen-bond acceptors (Lipinski definition) is 5. The van der Waals surface area contributed by atoms with Gasteiger partial charge < -0.3 is 4.52 Å². The standard InChI is InChI=1S/C23H25ClF5N5O2.C2H6/c1-4-6-7-8-10-14(11-25)34-21(23(27,28)29)15(12-31-34)20-18(22(35)32-30)19(33-36-20)17(13(3)26)16(24)9-5-2;1-2/h5-7,10,12,16H,2,4,8-9,11,30H2,1,3H3,(H,32,35);1-2H3/b7-6-,14-10+,17-13-;. The molecule has 0 aliphatic carbocycles. The Kier molecular flexibility index (Phi) is 13.1. The molecule has 210 valence electrons. The summed E-state index contributed by atoms with van der Waals surface area (Å²) in [7, 11) is 0. The molecular formula is C25H31ClF5N5O2. The highest BCUT2D eigenvalue weighted by Crippen LogP contribution is 2.42. The van der Waals surface area contributed by atoms with Gasteiger partial charge in [-0.15, -0.1) is 18.2 Å². The van der Waals surface area contributed by atoms with Gasteiger partial charge in [-0.25, -0.2) is 19.3 Å². The molecule has 0 fully saturated rings. The maximum Gasteiger partial charge on any atom is 0.434 e. The molecule has 7 nitrogen and oxygen atoms in total. The predicted molar refractivity (Wildman–Crippen MR) is 138 cm³/mol. The highest BCUT2D eigenvalue weighted by atomic mass is 35.5. The van der Waals surface area contributed by atoms with Crippen LogP contribution in [0.4, 0.5) is 22.0 Å². The molecule has 1 amide bonds. The second-order valence-corrected chi connectivity index (χ2v) is 7.94. The Hall–Kier alpha value is -3.25. The van der Waals surface area contributed by atoms with Crippen LogP contribution in [0.1, 0.15) is 68.7 Å². The summed E-state index contributed by atoms with van der Waals surface area (Å²) >= 11 is 6.23. The second kappa shape index (κ2) is 15.2. The summed E-state index contributed by atoms with van der Waals surface area (Å²) in [4.78, 5) is 12.6. The van der Waals surface area contributed by atoms with E-state index in [1.807, 2.05) is 20.8 Å². The van der Waals surface area contributed by atoms with Crippen molar-refractivity contribution in [3.05, 3.63) is 59.9 Å². The fourth-order valence-corrected chi connectivity index (χ4v) is 3.78. The minimum Gasteiger partial charge on any atom is -0.355 e. The number of nitrogen functional groups attached to an aromatic ring is 1. The Morgan fingerprint density at radius 3 is 2.50 bits per heavy atom. The van der Waals surface area contributed by atoms with Crippen molar-refractivity contribution in [3.63, 3.8) is 0 Å². The number of allylic oxidation sites excluding steroid dienone is 7. The third-order valence-electron chi connectivity index (χ3n) is 4.95. The van der Waals surface area contributed by atoms with Crippen molar-refractivity contribution < 1.29 is 31.3 Å². The van der Waals surface area contributed by atoms with Gasteiger partial charge in [-0.2, -0.15) is 18.3 Å². The van der Waals surface area contributed by atoms with E-state index in [4.69, 9.17) is 22.0 Å². The average Bonchev–Trinajstić information content (AvgIpc) is 3.50. The molecular weight excluding hydrogens is 533 g/mol. The lowest BCUT2D eigenvalue weighted by Gasteiger charge is -2.14. The molecule has 38 heavy (non-hydrogen) atoms. The number of nitrogens with two attached hydrogens (primary N) is 1. The molecule has 0 spiro atoms. The zero-order valence-electron chi connectivity index (χ0n) is 21.5.